The second kappa shape index (κ2) is 3.62. The molecule has 1 heterocycles. The summed E-state index contributed by atoms with van der Waals surface area (Å²) in [5, 5.41) is 4.64. The second-order valence-electron chi connectivity index (χ2n) is 3.20. The molecule has 0 aliphatic carbocycles. The van der Waals surface area contributed by atoms with Gasteiger partial charge in [0.05, 0.1) is 5.39 Å². The van der Waals surface area contributed by atoms with Crippen molar-refractivity contribution in [2.45, 2.75) is 19.8 Å². The van der Waals surface area contributed by atoms with Crippen LogP contribution in [0.15, 0.2) is 28.8 Å². The monoisotopic (exact) mass is 189 g/mol. The van der Waals surface area contributed by atoms with Crippen LogP contribution in [0.2, 0.25) is 0 Å². The molecule has 1 aromatic carbocycles. The van der Waals surface area contributed by atoms with Crippen LogP contribution in [-0.2, 0) is 0 Å². The molecule has 2 aromatic rings. The minimum absolute atomic E-state index is 0.0289. The van der Waals surface area contributed by atoms with Crippen LogP contribution in [0, 0.1) is 0 Å². The second-order valence-corrected chi connectivity index (χ2v) is 3.20. The Hall–Kier alpha value is -1.64. The summed E-state index contributed by atoms with van der Waals surface area (Å²) in [5.74, 6) is 0.420. The molecule has 0 aliphatic heterocycles. The Labute approximate surface area is 81.7 Å². The zero-order chi connectivity index (χ0) is 9.97. The van der Waals surface area contributed by atoms with Crippen LogP contribution in [0.1, 0.15) is 30.3 Å². The first-order valence-corrected chi connectivity index (χ1v) is 4.70. The molecule has 1 aromatic heterocycles. The van der Waals surface area contributed by atoms with Gasteiger partial charge in [-0.3, -0.25) is 4.79 Å². The molecule has 0 saturated carbocycles. The molecule has 0 amide bonds. The topological polar surface area (TPSA) is 43.1 Å². The maximum atomic E-state index is 11.6. The summed E-state index contributed by atoms with van der Waals surface area (Å²) >= 11 is 0. The van der Waals surface area contributed by atoms with Crippen molar-refractivity contribution in [1.82, 2.24) is 5.16 Å². The highest BCUT2D eigenvalue weighted by atomic mass is 16.5. The quantitative estimate of drug-likeness (QED) is 0.697. The van der Waals surface area contributed by atoms with E-state index in [1.807, 2.05) is 31.2 Å². The Morgan fingerprint density at radius 2 is 2.21 bits per heavy atom. The number of aromatic nitrogens is 1. The number of hydrogen-bond acceptors (Lipinski definition) is 3. The van der Waals surface area contributed by atoms with Crippen molar-refractivity contribution < 1.29 is 9.32 Å². The van der Waals surface area contributed by atoms with E-state index in [2.05, 4.69) is 5.16 Å². The van der Waals surface area contributed by atoms with Crippen molar-refractivity contribution in [3.05, 3.63) is 30.0 Å². The summed E-state index contributed by atoms with van der Waals surface area (Å²) in [7, 11) is 0. The molecule has 2 rings (SSSR count). The van der Waals surface area contributed by atoms with E-state index in [-0.39, 0.29) is 5.78 Å². The van der Waals surface area contributed by atoms with Crippen molar-refractivity contribution in [3.8, 4) is 0 Å². The molecule has 0 aliphatic rings. The van der Waals surface area contributed by atoms with E-state index in [9.17, 15) is 4.79 Å². The highest BCUT2D eigenvalue weighted by Crippen LogP contribution is 2.19. The van der Waals surface area contributed by atoms with Crippen LogP contribution >= 0.6 is 0 Å². The summed E-state index contributed by atoms with van der Waals surface area (Å²) in [6.07, 6.45) is 1.34. The number of rotatable bonds is 3. The van der Waals surface area contributed by atoms with Crippen molar-refractivity contribution >= 4 is 16.7 Å². The lowest BCUT2D eigenvalue weighted by Crippen LogP contribution is -1.95. The summed E-state index contributed by atoms with van der Waals surface area (Å²) in [5.41, 5.74) is 0.743. The van der Waals surface area contributed by atoms with Gasteiger partial charge in [-0.1, -0.05) is 24.2 Å². The molecule has 0 bridgehead atoms. The SMILES string of the molecule is CCCC(=O)c1onc2ccccc12. The van der Waals surface area contributed by atoms with Crippen LogP contribution in [0.3, 0.4) is 0 Å². The Morgan fingerprint density at radius 3 is 3.00 bits per heavy atom. The minimum Gasteiger partial charge on any atom is -0.352 e. The summed E-state index contributed by atoms with van der Waals surface area (Å²) in [4.78, 5) is 11.6. The van der Waals surface area contributed by atoms with Crippen molar-refractivity contribution in [3.63, 3.8) is 0 Å². The zero-order valence-corrected chi connectivity index (χ0v) is 7.99. The third-order valence-corrected chi connectivity index (χ3v) is 2.11. The minimum atomic E-state index is 0.0289. The van der Waals surface area contributed by atoms with E-state index in [0.717, 1.165) is 17.3 Å². The first kappa shape index (κ1) is 8.94. The molecule has 14 heavy (non-hydrogen) atoms. The lowest BCUT2D eigenvalue weighted by molar-refractivity contribution is 0.0948. The first-order valence-electron chi connectivity index (χ1n) is 4.70. The molecule has 0 N–H and O–H groups in total. The molecule has 0 saturated heterocycles. The van der Waals surface area contributed by atoms with Crippen molar-refractivity contribution in [2.24, 2.45) is 0 Å². The van der Waals surface area contributed by atoms with E-state index < -0.39 is 0 Å². The van der Waals surface area contributed by atoms with Crippen LogP contribution < -0.4 is 0 Å². The van der Waals surface area contributed by atoms with Gasteiger partial charge in [0.1, 0.15) is 5.52 Å². The van der Waals surface area contributed by atoms with Gasteiger partial charge in [-0.05, 0) is 18.6 Å². The fourth-order valence-electron chi connectivity index (χ4n) is 1.43. The van der Waals surface area contributed by atoms with Crippen LogP contribution in [0.4, 0.5) is 0 Å². The molecule has 0 radical (unpaired) electrons. The molecule has 0 unspecified atom stereocenters. The maximum Gasteiger partial charge on any atom is 0.210 e. The number of Topliss-reactive ketones (excluding diaryl/α,β-unsaturated/α-hetero) is 1. The lowest BCUT2D eigenvalue weighted by atomic mass is 10.1. The van der Waals surface area contributed by atoms with E-state index in [1.54, 1.807) is 0 Å². The molecule has 3 heteroatoms. The highest BCUT2D eigenvalue weighted by molar-refractivity contribution is 6.04. The number of hydrogen-bond donors (Lipinski definition) is 0. The van der Waals surface area contributed by atoms with Gasteiger partial charge in [-0.15, -0.1) is 0 Å². The van der Waals surface area contributed by atoms with Gasteiger partial charge in [-0.2, -0.15) is 0 Å². The van der Waals surface area contributed by atoms with Crippen molar-refractivity contribution in [2.75, 3.05) is 0 Å². The van der Waals surface area contributed by atoms with Gasteiger partial charge in [-0.25, -0.2) is 0 Å². The summed E-state index contributed by atoms with van der Waals surface area (Å²) in [6.45, 7) is 1.97. The van der Waals surface area contributed by atoms with Gasteiger partial charge < -0.3 is 4.52 Å². The lowest BCUT2D eigenvalue weighted by Gasteiger charge is -1.92. The van der Waals surface area contributed by atoms with Gasteiger partial charge in [0.15, 0.2) is 0 Å². The predicted molar refractivity (Wildman–Crippen MR) is 53.2 cm³/mol. The van der Waals surface area contributed by atoms with Gasteiger partial charge in [0.25, 0.3) is 0 Å². The fraction of sp³-hybridized carbons (Fsp3) is 0.273. The number of nitrogens with zero attached hydrogens (tertiary/aromatic N) is 1. The Morgan fingerprint density at radius 1 is 1.43 bits per heavy atom. The molecule has 72 valence electrons. The van der Waals surface area contributed by atoms with Crippen molar-refractivity contribution in [1.29, 1.82) is 0 Å². The average molecular weight is 189 g/mol. The van der Waals surface area contributed by atoms with Crippen LogP contribution in [-0.4, -0.2) is 10.9 Å². The van der Waals surface area contributed by atoms with E-state index in [1.165, 1.54) is 0 Å². The van der Waals surface area contributed by atoms with Gasteiger partial charge >= 0.3 is 0 Å². The normalized spacial score (nSPS) is 10.6. The maximum absolute atomic E-state index is 11.6. The van der Waals surface area contributed by atoms with E-state index in [0.29, 0.717) is 12.2 Å². The third kappa shape index (κ3) is 1.41. The molecular weight excluding hydrogens is 178 g/mol. The Bertz CT molecular complexity index is 459. The molecule has 3 nitrogen and oxygen atoms in total. The van der Waals surface area contributed by atoms with Crippen LogP contribution in [0.5, 0.6) is 0 Å². The van der Waals surface area contributed by atoms with Gasteiger partial charge in [0, 0.05) is 6.42 Å². The molecular formula is C11H11NO2. The number of carbonyl (C=O) groups is 1. The first-order chi connectivity index (χ1) is 6.83. The smallest absolute Gasteiger partial charge is 0.210 e. The number of benzene rings is 1. The third-order valence-electron chi connectivity index (χ3n) is 2.11. The fourth-order valence-corrected chi connectivity index (χ4v) is 1.43. The average Bonchev–Trinajstić information content (AvgIpc) is 2.61. The number of ketones is 1. The summed E-state index contributed by atoms with van der Waals surface area (Å²) in [6, 6.07) is 7.44. The number of carbonyl (C=O) groups excluding carboxylic acids is 1. The standard InChI is InChI=1S/C11H11NO2/c1-2-5-10(13)11-8-6-3-4-7-9(8)12-14-11/h3-4,6-7H,2,5H2,1H3. The van der Waals surface area contributed by atoms with E-state index >= 15 is 0 Å². The highest BCUT2D eigenvalue weighted by Gasteiger charge is 2.14. The zero-order valence-electron chi connectivity index (χ0n) is 7.99. The molecule has 0 fully saturated rings. The Kier molecular flexibility index (Phi) is 2.31. The van der Waals surface area contributed by atoms with Crippen LogP contribution in [0.25, 0.3) is 10.9 Å². The number of fused-ring (bicyclic) bond motifs is 1. The largest absolute Gasteiger partial charge is 0.352 e. The molecule has 0 atom stereocenters. The van der Waals surface area contributed by atoms with E-state index in [4.69, 9.17) is 4.52 Å². The Balaban J connectivity index is 2.47. The summed E-state index contributed by atoms with van der Waals surface area (Å²) < 4.78 is 5.03. The van der Waals surface area contributed by atoms with Gasteiger partial charge in [0.2, 0.25) is 11.5 Å². The predicted octanol–water partition coefficient (Wildman–Crippen LogP) is 2.81. The molecule has 0 spiro atoms.